The van der Waals surface area contributed by atoms with Crippen molar-refractivity contribution in [1.29, 1.82) is 0 Å². The van der Waals surface area contributed by atoms with Gasteiger partial charge in [-0.05, 0) is 50.7 Å². The minimum atomic E-state index is 0.293. The molecule has 0 amide bonds. The Labute approximate surface area is 75.4 Å². The molecule has 0 radical (unpaired) electrons. The van der Waals surface area contributed by atoms with E-state index >= 15 is 0 Å². The maximum Gasteiger partial charge on any atom is 0.130 e. The Kier molecular flexibility index (Phi) is 2.35. The normalized spacial score (nSPS) is 9.56. The van der Waals surface area contributed by atoms with Gasteiger partial charge in [-0.25, -0.2) is 0 Å². The number of hydrogen-bond donors (Lipinski definition) is 1. The van der Waals surface area contributed by atoms with Crippen LogP contribution in [0.5, 0.6) is 5.75 Å². The van der Waals surface area contributed by atoms with Crippen LogP contribution in [0.4, 0.5) is 0 Å². The lowest BCUT2D eigenvalue weighted by Gasteiger charge is -1.96. The second kappa shape index (κ2) is 2.88. The highest BCUT2D eigenvalue weighted by molar-refractivity contribution is 14.1. The first-order valence-corrected chi connectivity index (χ1v) is 4.22. The fourth-order valence-corrected chi connectivity index (χ4v) is 1.24. The zero-order valence-electron chi connectivity index (χ0n) is 4.44. The summed E-state index contributed by atoms with van der Waals surface area (Å²) in [7, 11) is 0. The summed E-state index contributed by atoms with van der Waals surface area (Å²) < 4.78 is 1.79. The number of halogens is 2. The van der Waals surface area contributed by atoms with Crippen molar-refractivity contribution in [1.82, 2.24) is 0 Å². The first-order valence-electron chi connectivity index (χ1n) is 2.35. The van der Waals surface area contributed by atoms with Crippen LogP contribution >= 0.6 is 38.5 Å². The SMILES string of the molecule is Oc1cccc(I)c1Br. The van der Waals surface area contributed by atoms with Crippen molar-refractivity contribution in [2.75, 3.05) is 0 Å². The summed E-state index contributed by atoms with van der Waals surface area (Å²) in [6, 6.07) is 5.37. The second-order valence-electron chi connectivity index (χ2n) is 1.57. The fourth-order valence-electron chi connectivity index (χ4n) is 0.492. The first kappa shape index (κ1) is 7.34. The molecule has 0 bridgehead atoms. The molecule has 0 aliphatic rings. The maximum absolute atomic E-state index is 9.05. The van der Waals surface area contributed by atoms with E-state index in [2.05, 4.69) is 38.5 Å². The van der Waals surface area contributed by atoms with E-state index in [-0.39, 0.29) is 0 Å². The molecule has 1 N–H and O–H groups in total. The minimum Gasteiger partial charge on any atom is -0.507 e. The number of aromatic hydroxyl groups is 1. The summed E-state index contributed by atoms with van der Waals surface area (Å²) in [4.78, 5) is 0. The van der Waals surface area contributed by atoms with E-state index < -0.39 is 0 Å². The first-order chi connectivity index (χ1) is 4.22. The summed E-state index contributed by atoms with van der Waals surface area (Å²) in [6.07, 6.45) is 0. The van der Waals surface area contributed by atoms with Gasteiger partial charge in [-0.1, -0.05) is 6.07 Å². The van der Waals surface area contributed by atoms with E-state index in [0.29, 0.717) is 5.75 Å². The molecule has 0 aliphatic carbocycles. The molecule has 0 spiro atoms. The minimum absolute atomic E-state index is 0.293. The Morgan fingerprint density at radius 1 is 1.44 bits per heavy atom. The highest BCUT2D eigenvalue weighted by Gasteiger charge is 1.98. The van der Waals surface area contributed by atoms with Crippen molar-refractivity contribution in [3.05, 3.63) is 26.2 Å². The van der Waals surface area contributed by atoms with Crippen LogP contribution in [0, 0.1) is 3.57 Å². The van der Waals surface area contributed by atoms with Crippen molar-refractivity contribution in [2.24, 2.45) is 0 Å². The molecule has 0 heterocycles. The number of phenols is 1. The predicted molar refractivity (Wildman–Crippen MR) is 48.5 cm³/mol. The van der Waals surface area contributed by atoms with Crippen LogP contribution in [0.25, 0.3) is 0 Å². The molecule has 0 saturated heterocycles. The molecule has 0 atom stereocenters. The van der Waals surface area contributed by atoms with Crippen LogP contribution in [0.1, 0.15) is 0 Å². The van der Waals surface area contributed by atoms with Crippen LogP contribution in [0.2, 0.25) is 0 Å². The summed E-state index contributed by atoms with van der Waals surface area (Å²) in [5, 5.41) is 9.05. The Hall–Kier alpha value is 0.230. The van der Waals surface area contributed by atoms with Gasteiger partial charge in [0.05, 0.1) is 4.47 Å². The Bertz CT molecular complexity index is 204. The number of phenolic OH excluding ortho intramolecular Hbond substituents is 1. The Balaban J connectivity index is 3.25. The van der Waals surface area contributed by atoms with Gasteiger partial charge in [0.15, 0.2) is 0 Å². The lowest BCUT2D eigenvalue weighted by Crippen LogP contribution is -1.72. The van der Waals surface area contributed by atoms with Gasteiger partial charge in [0.1, 0.15) is 5.75 Å². The van der Waals surface area contributed by atoms with Gasteiger partial charge < -0.3 is 5.11 Å². The van der Waals surface area contributed by atoms with Crippen LogP contribution < -0.4 is 0 Å². The number of benzene rings is 1. The predicted octanol–water partition coefficient (Wildman–Crippen LogP) is 2.76. The highest BCUT2D eigenvalue weighted by Crippen LogP contribution is 2.27. The molecule has 0 unspecified atom stereocenters. The van der Waals surface area contributed by atoms with Crippen LogP contribution in [0.3, 0.4) is 0 Å². The van der Waals surface area contributed by atoms with Gasteiger partial charge in [0.2, 0.25) is 0 Å². The third kappa shape index (κ3) is 1.58. The van der Waals surface area contributed by atoms with E-state index in [1.165, 1.54) is 0 Å². The highest BCUT2D eigenvalue weighted by atomic mass is 127. The Morgan fingerprint density at radius 2 is 2.11 bits per heavy atom. The monoisotopic (exact) mass is 298 g/mol. The van der Waals surface area contributed by atoms with E-state index in [4.69, 9.17) is 5.11 Å². The molecule has 0 aliphatic heterocycles. The van der Waals surface area contributed by atoms with Crippen LogP contribution in [-0.4, -0.2) is 5.11 Å². The lowest BCUT2D eigenvalue weighted by atomic mass is 10.3. The van der Waals surface area contributed by atoms with E-state index in [0.717, 1.165) is 8.04 Å². The van der Waals surface area contributed by atoms with E-state index in [1.54, 1.807) is 6.07 Å². The molecule has 1 aromatic carbocycles. The van der Waals surface area contributed by atoms with Crippen LogP contribution in [0.15, 0.2) is 22.7 Å². The number of rotatable bonds is 0. The molecule has 3 heteroatoms. The van der Waals surface area contributed by atoms with Gasteiger partial charge in [0, 0.05) is 3.57 Å². The standard InChI is InChI=1S/C6H4BrIO/c7-6-4(8)2-1-3-5(6)9/h1-3,9H. The third-order valence-corrected chi connectivity index (χ3v) is 3.40. The lowest BCUT2D eigenvalue weighted by molar-refractivity contribution is 0.471. The second-order valence-corrected chi connectivity index (χ2v) is 3.53. The third-order valence-electron chi connectivity index (χ3n) is 0.931. The topological polar surface area (TPSA) is 20.2 Å². The molecule has 0 aromatic heterocycles. The molecule has 0 fully saturated rings. The maximum atomic E-state index is 9.05. The summed E-state index contributed by atoms with van der Waals surface area (Å²) in [5.41, 5.74) is 0. The molecule has 1 aromatic rings. The average molecular weight is 299 g/mol. The van der Waals surface area contributed by atoms with Crippen LogP contribution in [-0.2, 0) is 0 Å². The molecule has 1 rings (SSSR count). The van der Waals surface area contributed by atoms with E-state index in [9.17, 15) is 0 Å². The van der Waals surface area contributed by atoms with Gasteiger partial charge in [-0.15, -0.1) is 0 Å². The Morgan fingerprint density at radius 3 is 2.56 bits per heavy atom. The van der Waals surface area contributed by atoms with E-state index in [1.807, 2.05) is 12.1 Å². The summed E-state index contributed by atoms with van der Waals surface area (Å²) in [6.45, 7) is 0. The molecule has 48 valence electrons. The van der Waals surface area contributed by atoms with Crippen molar-refractivity contribution in [3.8, 4) is 5.75 Å². The van der Waals surface area contributed by atoms with Crippen molar-refractivity contribution < 1.29 is 5.11 Å². The number of hydrogen-bond acceptors (Lipinski definition) is 1. The summed E-state index contributed by atoms with van der Waals surface area (Å²) in [5.74, 6) is 0.293. The molecular formula is C6H4BrIO. The quantitative estimate of drug-likeness (QED) is 0.730. The van der Waals surface area contributed by atoms with Gasteiger partial charge >= 0.3 is 0 Å². The smallest absolute Gasteiger partial charge is 0.130 e. The molecule has 1 nitrogen and oxygen atoms in total. The van der Waals surface area contributed by atoms with Crippen molar-refractivity contribution >= 4 is 38.5 Å². The van der Waals surface area contributed by atoms with Crippen molar-refractivity contribution in [2.45, 2.75) is 0 Å². The molecule has 0 saturated carbocycles. The van der Waals surface area contributed by atoms with Gasteiger partial charge in [0.25, 0.3) is 0 Å². The molecular weight excluding hydrogens is 295 g/mol. The largest absolute Gasteiger partial charge is 0.507 e. The van der Waals surface area contributed by atoms with Gasteiger partial charge in [-0.2, -0.15) is 0 Å². The zero-order chi connectivity index (χ0) is 6.85. The average Bonchev–Trinajstić information content (AvgIpc) is 1.83. The molecule has 9 heavy (non-hydrogen) atoms. The fraction of sp³-hybridized carbons (Fsp3) is 0. The zero-order valence-corrected chi connectivity index (χ0v) is 8.18. The van der Waals surface area contributed by atoms with Gasteiger partial charge in [-0.3, -0.25) is 0 Å². The van der Waals surface area contributed by atoms with Crippen molar-refractivity contribution in [3.63, 3.8) is 0 Å². The summed E-state index contributed by atoms with van der Waals surface area (Å²) >= 11 is 5.36.